The summed E-state index contributed by atoms with van der Waals surface area (Å²) < 4.78 is 11.0. The molecule has 2 aliphatic rings. The Kier molecular flexibility index (Phi) is 5.55. The highest BCUT2D eigenvalue weighted by Gasteiger charge is 2.35. The quantitative estimate of drug-likeness (QED) is 0.834. The summed E-state index contributed by atoms with van der Waals surface area (Å²) in [5.74, 6) is 0.0354. The Labute approximate surface area is 147 Å². The summed E-state index contributed by atoms with van der Waals surface area (Å²) in [7, 11) is 1.60. The molecule has 0 aliphatic carbocycles. The van der Waals surface area contributed by atoms with Gasteiger partial charge in [0.1, 0.15) is 5.75 Å². The first-order valence-electron chi connectivity index (χ1n) is 8.50. The van der Waals surface area contributed by atoms with Crippen LogP contribution in [0.15, 0.2) is 24.3 Å². The zero-order valence-corrected chi connectivity index (χ0v) is 14.4. The third-order valence-corrected chi connectivity index (χ3v) is 4.81. The predicted molar refractivity (Wildman–Crippen MR) is 90.6 cm³/mol. The average molecular weight is 348 g/mol. The number of methoxy groups -OCH3 is 1. The van der Waals surface area contributed by atoms with Crippen LogP contribution in [0.4, 0.5) is 0 Å². The fourth-order valence-electron chi connectivity index (χ4n) is 3.62. The van der Waals surface area contributed by atoms with E-state index in [1.165, 1.54) is 0 Å². The molecule has 7 nitrogen and oxygen atoms in total. The second-order valence-corrected chi connectivity index (χ2v) is 6.67. The van der Waals surface area contributed by atoms with Gasteiger partial charge in [-0.3, -0.25) is 14.5 Å². The highest BCUT2D eigenvalue weighted by Crippen LogP contribution is 2.22. The summed E-state index contributed by atoms with van der Waals surface area (Å²) in [5, 5.41) is 9.13. The smallest absolute Gasteiger partial charge is 0.317 e. The van der Waals surface area contributed by atoms with Gasteiger partial charge in [-0.25, -0.2) is 0 Å². The summed E-state index contributed by atoms with van der Waals surface area (Å²) in [6.07, 6.45) is 0.281. The van der Waals surface area contributed by atoms with Gasteiger partial charge < -0.3 is 19.5 Å². The number of rotatable bonds is 5. The van der Waals surface area contributed by atoms with Gasteiger partial charge >= 0.3 is 5.97 Å². The number of ether oxygens (including phenoxy) is 2. The Morgan fingerprint density at radius 1 is 1.24 bits per heavy atom. The number of amides is 1. The topological polar surface area (TPSA) is 79.3 Å². The highest BCUT2D eigenvalue weighted by molar-refractivity contribution is 5.79. The van der Waals surface area contributed by atoms with Crippen molar-refractivity contribution >= 4 is 11.9 Å². The Morgan fingerprint density at radius 2 is 2.04 bits per heavy atom. The van der Waals surface area contributed by atoms with E-state index >= 15 is 0 Å². The van der Waals surface area contributed by atoms with E-state index in [1.807, 2.05) is 34.1 Å². The maximum Gasteiger partial charge on any atom is 0.317 e. The van der Waals surface area contributed by atoms with Crippen LogP contribution in [0.3, 0.4) is 0 Å². The number of aliphatic carboxylic acids is 1. The molecular weight excluding hydrogens is 324 g/mol. The van der Waals surface area contributed by atoms with Crippen molar-refractivity contribution < 1.29 is 24.2 Å². The maximum atomic E-state index is 12.8. The molecule has 2 saturated heterocycles. The number of carboxylic acids is 1. The fourth-order valence-corrected chi connectivity index (χ4v) is 3.62. The summed E-state index contributed by atoms with van der Waals surface area (Å²) in [5.41, 5.74) is 0.864. The van der Waals surface area contributed by atoms with Crippen LogP contribution in [0.2, 0.25) is 0 Å². The van der Waals surface area contributed by atoms with Crippen molar-refractivity contribution in [2.75, 3.05) is 46.5 Å². The van der Waals surface area contributed by atoms with Crippen LogP contribution in [0.25, 0.3) is 0 Å². The molecule has 1 N–H and O–H groups in total. The van der Waals surface area contributed by atoms with Gasteiger partial charge in [0.15, 0.2) is 0 Å². The molecule has 25 heavy (non-hydrogen) atoms. The molecule has 0 radical (unpaired) electrons. The summed E-state index contributed by atoms with van der Waals surface area (Å²) >= 11 is 0. The third kappa shape index (κ3) is 4.29. The molecule has 2 aliphatic heterocycles. The Balaban J connectivity index is 1.72. The van der Waals surface area contributed by atoms with E-state index < -0.39 is 5.97 Å². The van der Waals surface area contributed by atoms with Crippen LogP contribution in [0.5, 0.6) is 5.75 Å². The first-order chi connectivity index (χ1) is 12.1. The number of nitrogens with zero attached hydrogens (tertiary/aromatic N) is 2. The lowest BCUT2D eigenvalue weighted by Gasteiger charge is -2.30. The minimum Gasteiger partial charge on any atom is -0.496 e. The number of fused-ring (bicyclic) bond motifs is 3. The molecule has 1 aromatic rings. The Bertz CT molecular complexity index is 636. The van der Waals surface area contributed by atoms with Crippen molar-refractivity contribution in [3.63, 3.8) is 0 Å². The molecule has 3 rings (SSSR count). The average Bonchev–Trinajstić information content (AvgIpc) is 2.84. The van der Waals surface area contributed by atoms with Gasteiger partial charge in [-0.1, -0.05) is 18.2 Å². The molecule has 136 valence electrons. The van der Waals surface area contributed by atoms with Crippen molar-refractivity contribution in [1.29, 1.82) is 0 Å². The van der Waals surface area contributed by atoms with Gasteiger partial charge in [0, 0.05) is 31.1 Å². The minimum absolute atomic E-state index is 0.0148. The van der Waals surface area contributed by atoms with Crippen molar-refractivity contribution in [3.8, 4) is 5.75 Å². The molecule has 0 unspecified atom stereocenters. The van der Waals surface area contributed by atoms with Crippen molar-refractivity contribution in [2.24, 2.45) is 5.92 Å². The molecule has 0 saturated carbocycles. The number of hydrogen-bond acceptors (Lipinski definition) is 5. The van der Waals surface area contributed by atoms with E-state index in [-0.39, 0.29) is 30.8 Å². The first-order valence-corrected chi connectivity index (χ1v) is 8.50. The Hall–Kier alpha value is -2.12. The number of carboxylic acid groups (broad SMARTS) is 1. The number of benzene rings is 1. The highest BCUT2D eigenvalue weighted by atomic mass is 16.5. The lowest BCUT2D eigenvalue weighted by molar-refractivity contribution is -0.139. The normalized spacial score (nSPS) is 23.8. The van der Waals surface area contributed by atoms with E-state index in [9.17, 15) is 9.59 Å². The molecule has 1 amide bonds. The predicted octanol–water partition coefficient (Wildman–Crippen LogP) is 0.482. The van der Waals surface area contributed by atoms with Crippen molar-refractivity contribution in [3.05, 3.63) is 29.8 Å². The molecule has 0 aromatic heterocycles. The van der Waals surface area contributed by atoms with E-state index in [4.69, 9.17) is 14.6 Å². The summed E-state index contributed by atoms with van der Waals surface area (Å²) in [6.45, 7) is 2.75. The molecule has 2 atom stereocenters. The van der Waals surface area contributed by atoms with Crippen LogP contribution in [-0.2, 0) is 20.7 Å². The van der Waals surface area contributed by atoms with E-state index in [0.717, 1.165) is 5.56 Å². The molecule has 2 bridgehead atoms. The van der Waals surface area contributed by atoms with Crippen LogP contribution < -0.4 is 4.74 Å². The van der Waals surface area contributed by atoms with E-state index in [2.05, 4.69) is 0 Å². The third-order valence-electron chi connectivity index (χ3n) is 4.81. The SMILES string of the molecule is COc1ccccc1CC(=O)N1C[C@@H]2COC[C@H](C1)N(CC(=O)O)C2. The second-order valence-electron chi connectivity index (χ2n) is 6.67. The van der Waals surface area contributed by atoms with Gasteiger partial charge in [0.25, 0.3) is 0 Å². The van der Waals surface area contributed by atoms with Crippen LogP contribution >= 0.6 is 0 Å². The number of carbonyl (C=O) groups is 2. The zero-order valence-electron chi connectivity index (χ0n) is 14.4. The summed E-state index contributed by atoms with van der Waals surface area (Å²) in [4.78, 5) is 27.7. The fraction of sp³-hybridized carbons (Fsp3) is 0.556. The lowest BCUT2D eigenvalue weighted by atomic mass is 10.1. The van der Waals surface area contributed by atoms with Gasteiger partial charge in [0.2, 0.25) is 5.91 Å². The molecule has 1 aromatic carbocycles. The molecule has 2 fully saturated rings. The standard InChI is InChI=1S/C18H24N2O5/c1-24-16-5-3-2-4-14(16)6-17(21)20-8-13-7-19(10-18(22)23)15(9-20)12-25-11-13/h2-5,13,15H,6-12H2,1H3,(H,22,23)/t13-,15+/m1/s1. The molecule has 2 heterocycles. The van der Waals surface area contributed by atoms with E-state index in [1.54, 1.807) is 7.11 Å². The van der Waals surface area contributed by atoms with Crippen molar-refractivity contribution in [2.45, 2.75) is 12.5 Å². The molecule has 0 spiro atoms. The van der Waals surface area contributed by atoms with Gasteiger partial charge in [-0.15, -0.1) is 0 Å². The molecular formula is C18H24N2O5. The number of para-hydroxylation sites is 1. The van der Waals surface area contributed by atoms with Crippen LogP contribution in [0, 0.1) is 5.92 Å². The van der Waals surface area contributed by atoms with Crippen molar-refractivity contribution in [1.82, 2.24) is 9.80 Å². The van der Waals surface area contributed by atoms with Gasteiger partial charge in [-0.05, 0) is 6.07 Å². The monoisotopic (exact) mass is 348 g/mol. The second kappa shape index (κ2) is 7.84. The van der Waals surface area contributed by atoms with E-state index in [0.29, 0.717) is 38.6 Å². The first kappa shape index (κ1) is 17.7. The number of carbonyl (C=O) groups excluding carboxylic acids is 1. The number of hydrogen-bond donors (Lipinski definition) is 1. The molecule has 7 heteroatoms. The minimum atomic E-state index is -0.848. The largest absolute Gasteiger partial charge is 0.496 e. The zero-order chi connectivity index (χ0) is 17.8. The maximum absolute atomic E-state index is 12.8. The lowest BCUT2D eigenvalue weighted by Crippen LogP contribution is -2.47. The van der Waals surface area contributed by atoms with Crippen LogP contribution in [-0.4, -0.2) is 79.3 Å². The van der Waals surface area contributed by atoms with Gasteiger partial charge in [-0.2, -0.15) is 0 Å². The van der Waals surface area contributed by atoms with Crippen LogP contribution in [0.1, 0.15) is 5.56 Å². The summed E-state index contributed by atoms with van der Waals surface area (Å²) in [6, 6.07) is 7.44. The Morgan fingerprint density at radius 3 is 2.80 bits per heavy atom. The van der Waals surface area contributed by atoms with Gasteiger partial charge in [0.05, 0.1) is 39.3 Å².